The number of rotatable bonds is 10. The Labute approximate surface area is 348 Å². The molecule has 15 heteroatoms. The van der Waals surface area contributed by atoms with Crippen LogP contribution in [0.4, 0.5) is 29.0 Å². The largest absolute Gasteiger partial charge is 0.371 e. The van der Waals surface area contributed by atoms with Crippen LogP contribution in [-0.4, -0.2) is 109 Å². The topological polar surface area (TPSA) is 161 Å². The second-order valence-electron chi connectivity index (χ2n) is 16.7. The molecule has 15 nitrogen and oxygen atoms in total. The quantitative estimate of drug-likeness (QED) is 0.150. The highest BCUT2D eigenvalue weighted by Gasteiger charge is 2.44. The van der Waals surface area contributed by atoms with Gasteiger partial charge in [0, 0.05) is 81.4 Å². The lowest BCUT2D eigenvalue weighted by atomic mass is 10.0. The summed E-state index contributed by atoms with van der Waals surface area (Å²) >= 11 is 0. The third kappa shape index (κ3) is 7.47. The highest BCUT2D eigenvalue weighted by Crippen LogP contribution is 2.36. The van der Waals surface area contributed by atoms with E-state index in [1.54, 1.807) is 12.1 Å². The number of hydrogen-bond acceptors (Lipinski definition) is 12. The van der Waals surface area contributed by atoms with Gasteiger partial charge in [0.15, 0.2) is 5.65 Å². The molecule has 1 aliphatic carbocycles. The fourth-order valence-electron chi connectivity index (χ4n) is 9.73. The van der Waals surface area contributed by atoms with Gasteiger partial charge in [0.2, 0.25) is 23.7 Å². The normalized spacial score (nSPS) is 20.9. The number of fused-ring (bicyclic) bond motifs is 2. The van der Waals surface area contributed by atoms with E-state index in [1.807, 2.05) is 42.6 Å². The van der Waals surface area contributed by atoms with E-state index in [-0.39, 0.29) is 18.7 Å². The minimum Gasteiger partial charge on any atom is -0.371 e. The van der Waals surface area contributed by atoms with Crippen LogP contribution in [0.3, 0.4) is 0 Å². The van der Waals surface area contributed by atoms with Gasteiger partial charge < -0.3 is 15.5 Å². The van der Waals surface area contributed by atoms with E-state index in [4.69, 9.17) is 9.97 Å². The second kappa shape index (κ2) is 16.1. The summed E-state index contributed by atoms with van der Waals surface area (Å²) in [5.41, 5.74) is 6.39. The molecule has 0 radical (unpaired) electrons. The standard InChI is InChI=1S/C45H49N11O4/c57-39-17-16-38(41(58)50-39)56-42(59)35-15-10-29(26-36(35)43(56)60)28-52-22-24-54(25-23-52)33-18-20-53(21-19-33)32-13-11-31(12-14-32)47-44-46-27-37-40(51-44)55(34-8-4-5-9-34)45(49-37)48-30-6-2-1-3-7-30/h1-3,6-7,10-15,26-27,33-34,38H,4-5,8-9,16-25,28H2,(H,48,49)(H,46,47,51)(H,50,57,58). The molecule has 5 aliphatic rings. The fraction of sp³-hybridized carbons (Fsp3) is 0.400. The number of benzene rings is 3. The van der Waals surface area contributed by atoms with Crippen LogP contribution in [0.1, 0.15) is 83.7 Å². The first-order chi connectivity index (χ1) is 29.3. The average molecular weight is 808 g/mol. The van der Waals surface area contributed by atoms with E-state index < -0.39 is 23.8 Å². The van der Waals surface area contributed by atoms with Crippen LogP contribution in [0, 0.1) is 0 Å². The molecule has 0 spiro atoms. The Balaban J connectivity index is 0.715. The smallest absolute Gasteiger partial charge is 0.262 e. The first-order valence-electron chi connectivity index (χ1n) is 21.3. The first-order valence-corrected chi connectivity index (χ1v) is 21.3. The molecule has 4 fully saturated rings. The van der Waals surface area contributed by atoms with Crippen LogP contribution in [0.2, 0.25) is 0 Å². The Kier molecular flexibility index (Phi) is 10.2. The van der Waals surface area contributed by atoms with Crippen LogP contribution >= 0.6 is 0 Å². The highest BCUT2D eigenvalue weighted by atomic mass is 16.2. The van der Waals surface area contributed by atoms with Gasteiger partial charge in [-0.25, -0.2) is 9.97 Å². The third-order valence-electron chi connectivity index (χ3n) is 12.9. The van der Waals surface area contributed by atoms with Crippen molar-refractivity contribution in [3.8, 4) is 0 Å². The van der Waals surface area contributed by atoms with E-state index in [9.17, 15) is 19.2 Å². The molecule has 3 N–H and O–H groups in total. The maximum Gasteiger partial charge on any atom is 0.262 e. The number of amides is 4. The van der Waals surface area contributed by atoms with Crippen molar-refractivity contribution >= 4 is 63.8 Å². The van der Waals surface area contributed by atoms with Gasteiger partial charge in [-0.3, -0.25) is 43.8 Å². The van der Waals surface area contributed by atoms with E-state index in [2.05, 4.69) is 64.5 Å². The van der Waals surface area contributed by atoms with Gasteiger partial charge in [-0.1, -0.05) is 37.1 Å². The number of imidazole rings is 1. The molecule has 1 unspecified atom stereocenters. The molecule has 4 amide bonds. The summed E-state index contributed by atoms with van der Waals surface area (Å²) in [4.78, 5) is 73.6. The molecule has 1 atom stereocenters. The van der Waals surface area contributed by atoms with Gasteiger partial charge >= 0.3 is 0 Å². The summed E-state index contributed by atoms with van der Waals surface area (Å²) in [6.07, 6.45) is 8.92. The van der Waals surface area contributed by atoms with Crippen molar-refractivity contribution in [1.29, 1.82) is 0 Å². The summed E-state index contributed by atoms with van der Waals surface area (Å²) in [7, 11) is 0. The van der Waals surface area contributed by atoms with Crippen molar-refractivity contribution in [2.75, 3.05) is 54.8 Å². The summed E-state index contributed by atoms with van der Waals surface area (Å²) in [5.74, 6) is -0.554. The van der Waals surface area contributed by atoms with Crippen LogP contribution in [0.25, 0.3) is 11.2 Å². The van der Waals surface area contributed by atoms with E-state index in [0.29, 0.717) is 35.7 Å². The number of carbonyl (C=O) groups is 4. The summed E-state index contributed by atoms with van der Waals surface area (Å²) in [5, 5.41) is 9.21. The van der Waals surface area contributed by atoms with E-state index >= 15 is 0 Å². The zero-order valence-corrected chi connectivity index (χ0v) is 33.6. The van der Waals surface area contributed by atoms with Gasteiger partial charge in [-0.2, -0.15) is 4.98 Å². The fourth-order valence-corrected chi connectivity index (χ4v) is 9.73. The lowest BCUT2D eigenvalue weighted by Gasteiger charge is -2.43. The van der Waals surface area contributed by atoms with E-state index in [0.717, 1.165) is 104 Å². The number of carbonyl (C=O) groups excluding carboxylic acids is 4. The SMILES string of the molecule is O=C1CCC(N2C(=O)c3ccc(CN4CCN(C5CCN(c6ccc(Nc7ncc8nc(Nc9ccccc9)n(C9CCCC9)c8n7)cc6)CC5)CC4)cc3C2=O)C(=O)N1. The molecule has 6 heterocycles. The van der Waals surface area contributed by atoms with Crippen molar-refractivity contribution < 1.29 is 19.2 Å². The maximum atomic E-state index is 13.3. The van der Waals surface area contributed by atoms with Gasteiger partial charge in [-0.05, 0) is 86.2 Å². The molecule has 5 aromatic rings. The predicted molar refractivity (Wildman–Crippen MR) is 227 cm³/mol. The highest BCUT2D eigenvalue weighted by molar-refractivity contribution is 6.23. The lowest BCUT2D eigenvalue weighted by molar-refractivity contribution is -0.136. The Morgan fingerprint density at radius 1 is 0.700 bits per heavy atom. The molecule has 1 saturated carbocycles. The van der Waals surface area contributed by atoms with Crippen LogP contribution < -0.4 is 20.9 Å². The maximum absolute atomic E-state index is 13.3. The minimum atomic E-state index is -0.958. The van der Waals surface area contributed by atoms with Crippen molar-refractivity contribution in [2.24, 2.45) is 0 Å². The van der Waals surface area contributed by atoms with Gasteiger partial charge in [0.1, 0.15) is 11.6 Å². The summed E-state index contributed by atoms with van der Waals surface area (Å²) in [6.45, 7) is 6.50. The summed E-state index contributed by atoms with van der Waals surface area (Å²) in [6, 6.07) is 24.1. The molecule has 0 bridgehead atoms. The van der Waals surface area contributed by atoms with Crippen molar-refractivity contribution in [3.05, 3.63) is 95.7 Å². The Morgan fingerprint density at radius 2 is 1.43 bits per heavy atom. The third-order valence-corrected chi connectivity index (χ3v) is 12.9. The number of aromatic nitrogens is 4. The van der Waals surface area contributed by atoms with E-state index in [1.165, 1.54) is 18.5 Å². The molecule has 3 aromatic carbocycles. The minimum absolute atomic E-state index is 0.103. The second-order valence-corrected chi connectivity index (χ2v) is 16.7. The van der Waals surface area contributed by atoms with Crippen LogP contribution in [0.15, 0.2) is 79.0 Å². The van der Waals surface area contributed by atoms with Crippen molar-refractivity contribution in [2.45, 2.75) is 76.0 Å². The first kappa shape index (κ1) is 38.0. The molecule has 60 heavy (non-hydrogen) atoms. The van der Waals surface area contributed by atoms with Crippen molar-refractivity contribution in [3.63, 3.8) is 0 Å². The summed E-state index contributed by atoms with van der Waals surface area (Å²) < 4.78 is 2.27. The monoisotopic (exact) mass is 807 g/mol. The molecular formula is C45H49N11O4. The number of piperidine rings is 2. The number of imide groups is 2. The predicted octanol–water partition coefficient (Wildman–Crippen LogP) is 5.62. The number of para-hydroxylation sites is 1. The number of anilines is 5. The number of piperazine rings is 1. The Hall–Kier alpha value is -6.19. The molecule has 4 aliphatic heterocycles. The molecule has 308 valence electrons. The van der Waals surface area contributed by atoms with Gasteiger partial charge in [0.05, 0.1) is 17.3 Å². The molecular weight excluding hydrogens is 759 g/mol. The van der Waals surface area contributed by atoms with Crippen LogP contribution in [0.5, 0.6) is 0 Å². The Morgan fingerprint density at radius 3 is 2.18 bits per heavy atom. The molecule has 3 saturated heterocycles. The zero-order chi connectivity index (χ0) is 40.7. The van der Waals surface area contributed by atoms with Crippen LogP contribution in [-0.2, 0) is 16.1 Å². The van der Waals surface area contributed by atoms with Gasteiger partial charge in [-0.15, -0.1) is 0 Å². The molecule has 10 rings (SSSR count). The Bertz CT molecular complexity index is 2430. The molecule has 2 aromatic heterocycles. The number of nitrogens with one attached hydrogen (secondary N) is 3. The van der Waals surface area contributed by atoms with Crippen molar-refractivity contribution in [1.82, 2.24) is 39.5 Å². The zero-order valence-electron chi connectivity index (χ0n) is 33.6. The lowest BCUT2D eigenvalue weighted by Crippen LogP contribution is -2.54. The average Bonchev–Trinajstić information content (AvgIpc) is 3.98. The number of nitrogens with zero attached hydrogens (tertiary/aromatic N) is 8. The van der Waals surface area contributed by atoms with Gasteiger partial charge in [0.25, 0.3) is 11.8 Å². The number of hydrogen-bond donors (Lipinski definition) is 3.